The molecule has 6 nitrogen and oxygen atoms in total. The molecule has 7 heteroatoms. The number of nitrogens with two attached hydrogens (primary N) is 1. The molecule has 0 radical (unpaired) electrons. The molecule has 0 unspecified atom stereocenters. The zero-order chi connectivity index (χ0) is 16.8. The van der Waals surface area contributed by atoms with Crippen molar-refractivity contribution >= 4 is 17.4 Å². The molecule has 0 spiro atoms. The van der Waals surface area contributed by atoms with Crippen LogP contribution in [0.2, 0.25) is 0 Å². The van der Waals surface area contributed by atoms with Crippen molar-refractivity contribution in [2.45, 2.75) is 13.3 Å². The molecule has 1 amide bonds. The summed E-state index contributed by atoms with van der Waals surface area (Å²) in [5, 5.41) is 11.6. The van der Waals surface area contributed by atoms with Gasteiger partial charge in [0.15, 0.2) is 0 Å². The molecule has 0 fully saturated rings. The summed E-state index contributed by atoms with van der Waals surface area (Å²) in [6, 6.07) is 9.28. The van der Waals surface area contributed by atoms with E-state index in [2.05, 4.69) is 10.3 Å². The van der Waals surface area contributed by atoms with Crippen LogP contribution in [0.25, 0.3) is 0 Å². The molecule has 0 saturated heterocycles. The largest absolute Gasteiger partial charge is 0.477 e. The number of pyridine rings is 1. The summed E-state index contributed by atoms with van der Waals surface area (Å²) in [5.74, 6) is -0.707. The van der Waals surface area contributed by atoms with Crippen molar-refractivity contribution in [3.63, 3.8) is 0 Å². The van der Waals surface area contributed by atoms with Gasteiger partial charge in [-0.25, -0.2) is 4.39 Å². The van der Waals surface area contributed by atoms with Gasteiger partial charge in [-0.3, -0.25) is 4.79 Å². The van der Waals surface area contributed by atoms with Crippen LogP contribution in [0.3, 0.4) is 0 Å². The van der Waals surface area contributed by atoms with E-state index in [1.807, 2.05) is 6.07 Å². The third-order valence-electron chi connectivity index (χ3n) is 2.99. The highest BCUT2D eigenvalue weighted by Crippen LogP contribution is 2.25. The van der Waals surface area contributed by atoms with E-state index in [0.717, 1.165) is 0 Å². The molecule has 23 heavy (non-hydrogen) atoms. The van der Waals surface area contributed by atoms with E-state index >= 15 is 0 Å². The number of ether oxygens (including phenoxy) is 1. The van der Waals surface area contributed by atoms with Crippen LogP contribution < -0.4 is 15.8 Å². The van der Waals surface area contributed by atoms with Gasteiger partial charge in [0.2, 0.25) is 11.8 Å². The van der Waals surface area contributed by atoms with Crippen LogP contribution in [0.15, 0.2) is 30.3 Å². The van der Waals surface area contributed by atoms with Crippen molar-refractivity contribution < 1.29 is 13.9 Å². The molecule has 118 valence electrons. The van der Waals surface area contributed by atoms with Gasteiger partial charge in [-0.05, 0) is 18.6 Å². The number of amides is 1. The highest BCUT2D eigenvalue weighted by Gasteiger charge is 2.14. The van der Waals surface area contributed by atoms with Crippen LogP contribution in [0, 0.1) is 17.1 Å². The zero-order valence-corrected chi connectivity index (χ0v) is 12.5. The molecular weight excluding hydrogens is 299 g/mol. The first-order valence-electron chi connectivity index (χ1n) is 6.91. The van der Waals surface area contributed by atoms with Crippen molar-refractivity contribution in [1.82, 2.24) is 4.98 Å². The maximum Gasteiger partial charge on any atom is 0.235 e. The third-order valence-corrected chi connectivity index (χ3v) is 2.99. The molecule has 0 aliphatic carbocycles. The summed E-state index contributed by atoms with van der Waals surface area (Å²) in [5.41, 5.74) is 6.29. The number of carbonyl (C=O) groups is 1. The Morgan fingerprint density at radius 1 is 1.48 bits per heavy atom. The summed E-state index contributed by atoms with van der Waals surface area (Å²) >= 11 is 0. The summed E-state index contributed by atoms with van der Waals surface area (Å²) in [6.07, 6.45) is -0.141. The predicted molar refractivity (Wildman–Crippen MR) is 83.3 cm³/mol. The lowest BCUT2D eigenvalue weighted by Crippen LogP contribution is -2.17. The summed E-state index contributed by atoms with van der Waals surface area (Å²) in [4.78, 5) is 16.1. The number of nitriles is 1. The van der Waals surface area contributed by atoms with Crippen LogP contribution in [0.4, 0.5) is 15.9 Å². The van der Waals surface area contributed by atoms with Crippen LogP contribution in [-0.4, -0.2) is 17.5 Å². The Hall–Kier alpha value is -3.14. The van der Waals surface area contributed by atoms with Gasteiger partial charge in [0.25, 0.3) is 0 Å². The maximum absolute atomic E-state index is 13.5. The number of carbonyl (C=O) groups excluding carboxylic acids is 1. The predicted octanol–water partition coefficient (Wildman–Crippen LogP) is 2.25. The van der Waals surface area contributed by atoms with Gasteiger partial charge in [-0.2, -0.15) is 10.2 Å². The molecule has 3 N–H and O–H groups in total. The van der Waals surface area contributed by atoms with Gasteiger partial charge in [0.1, 0.15) is 23.3 Å². The molecular formula is C16H15FN4O2. The van der Waals surface area contributed by atoms with Crippen LogP contribution in [-0.2, 0) is 11.2 Å². The average molecular weight is 314 g/mol. The number of nitrogens with one attached hydrogen (secondary N) is 1. The lowest BCUT2D eigenvalue weighted by atomic mass is 10.1. The summed E-state index contributed by atoms with van der Waals surface area (Å²) < 4.78 is 18.8. The fourth-order valence-corrected chi connectivity index (χ4v) is 1.96. The van der Waals surface area contributed by atoms with Crippen molar-refractivity contribution in [2.75, 3.05) is 17.7 Å². The molecule has 0 aliphatic heterocycles. The lowest BCUT2D eigenvalue weighted by Gasteiger charge is -2.10. The number of anilines is 2. The SMILES string of the molecule is CCOc1nc(NC(=O)Cc2ccccc2F)cc(N)c1C#N. The van der Waals surface area contributed by atoms with E-state index in [1.54, 1.807) is 19.1 Å². The van der Waals surface area contributed by atoms with E-state index in [1.165, 1.54) is 18.2 Å². The van der Waals surface area contributed by atoms with Crippen LogP contribution in [0.1, 0.15) is 18.1 Å². The van der Waals surface area contributed by atoms with E-state index < -0.39 is 11.7 Å². The first-order chi connectivity index (χ1) is 11.0. The van der Waals surface area contributed by atoms with Gasteiger partial charge < -0.3 is 15.8 Å². The van der Waals surface area contributed by atoms with Crippen LogP contribution in [0.5, 0.6) is 5.88 Å². The Morgan fingerprint density at radius 3 is 2.87 bits per heavy atom. The number of hydrogen-bond acceptors (Lipinski definition) is 5. The second kappa shape index (κ2) is 7.22. The second-order valence-corrected chi connectivity index (χ2v) is 4.64. The minimum Gasteiger partial charge on any atom is -0.477 e. The Kier molecular flexibility index (Phi) is 5.10. The molecule has 2 aromatic rings. The fourth-order valence-electron chi connectivity index (χ4n) is 1.96. The van der Waals surface area contributed by atoms with Gasteiger partial charge in [-0.15, -0.1) is 0 Å². The van der Waals surface area contributed by atoms with Crippen LogP contribution >= 0.6 is 0 Å². The smallest absolute Gasteiger partial charge is 0.235 e. The molecule has 0 bridgehead atoms. The Labute approximate surface area is 132 Å². The maximum atomic E-state index is 13.5. The first-order valence-corrected chi connectivity index (χ1v) is 6.91. The number of aromatic nitrogens is 1. The third kappa shape index (κ3) is 3.95. The second-order valence-electron chi connectivity index (χ2n) is 4.64. The Bertz CT molecular complexity index is 771. The van der Waals surface area contributed by atoms with Gasteiger partial charge in [0, 0.05) is 6.07 Å². The zero-order valence-electron chi connectivity index (χ0n) is 12.5. The first kappa shape index (κ1) is 16.2. The molecule has 1 aromatic carbocycles. The van der Waals surface area contributed by atoms with E-state index in [4.69, 9.17) is 15.7 Å². The highest BCUT2D eigenvalue weighted by atomic mass is 19.1. The van der Waals surface area contributed by atoms with Crippen molar-refractivity contribution in [3.8, 4) is 11.9 Å². The summed E-state index contributed by atoms with van der Waals surface area (Å²) in [7, 11) is 0. The van der Waals surface area contributed by atoms with Crippen molar-refractivity contribution in [2.24, 2.45) is 0 Å². The number of nitrogens with zero attached hydrogens (tertiary/aromatic N) is 2. The molecule has 2 rings (SSSR count). The minimum atomic E-state index is -0.454. The quantitative estimate of drug-likeness (QED) is 0.881. The number of rotatable bonds is 5. The van der Waals surface area contributed by atoms with Gasteiger partial charge >= 0.3 is 0 Å². The Balaban J connectivity index is 2.18. The molecule has 0 atom stereocenters. The van der Waals surface area contributed by atoms with Gasteiger partial charge in [-0.1, -0.05) is 18.2 Å². The number of hydrogen-bond donors (Lipinski definition) is 2. The normalized spacial score (nSPS) is 9.96. The van der Waals surface area contributed by atoms with E-state index in [-0.39, 0.29) is 34.9 Å². The highest BCUT2D eigenvalue weighted by molar-refractivity contribution is 5.92. The molecule has 1 heterocycles. The molecule has 0 aliphatic rings. The molecule has 1 aromatic heterocycles. The van der Waals surface area contributed by atoms with Gasteiger partial charge in [0.05, 0.1) is 18.7 Å². The number of halogens is 1. The Morgan fingerprint density at radius 2 is 2.22 bits per heavy atom. The van der Waals surface area contributed by atoms with E-state index in [9.17, 15) is 9.18 Å². The van der Waals surface area contributed by atoms with Crippen molar-refractivity contribution in [1.29, 1.82) is 5.26 Å². The minimum absolute atomic E-state index is 0.0520. The number of benzene rings is 1. The topological polar surface area (TPSA) is 101 Å². The monoisotopic (exact) mass is 314 g/mol. The standard InChI is InChI=1S/C16H15FN4O2/c1-2-23-16-11(9-18)13(19)8-14(21-16)20-15(22)7-10-5-3-4-6-12(10)17/h3-6,8H,2,7H2,1H3,(H3,19,20,21,22). The number of nitrogen functional groups attached to an aromatic ring is 1. The molecule has 0 saturated carbocycles. The van der Waals surface area contributed by atoms with Crippen molar-refractivity contribution in [3.05, 3.63) is 47.3 Å². The summed E-state index contributed by atoms with van der Waals surface area (Å²) in [6.45, 7) is 2.04. The van der Waals surface area contributed by atoms with E-state index in [0.29, 0.717) is 6.61 Å². The fraction of sp³-hybridized carbons (Fsp3) is 0.188. The average Bonchev–Trinajstić information content (AvgIpc) is 2.50. The lowest BCUT2D eigenvalue weighted by molar-refractivity contribution is -0.115.